The zero-order valence-corrected chi connectivity index (χ0v) is 55.1. The van der Waals surface area contributed by atoms with Gasteiger partial charge in [-0.3, -0.25) is 33.4 Å². The third kappa shape index (κ3) is 20.0. The number of nitrogen functional groups attached to an aromatic ring is 1. The zero-order chi connectivity index (χ0) is 67.8. The largest absolute Gasteiger partial charge is 0.461 e. The van der Waals surface area contributed by atoms with E-state index in [0.29, 0.717) is 102 Å². The lowest BCUT2D eigenvalue weighted by Gasteiger charge is -2.28. The first-order chi connectivity index (χ1) is 46.6. The van der Waals surface area contributed by atoms with Crippen molar-refractivity contribution in [1.29, 1.82) is 0 Å². The normalized spacial score (nSPS) is 12.5. The molecule has 7 N–H and O–H groups in total. The highest BCUT2D eigenvalue weighted by atomic mass is 16.6. The summed E-state index contributed by atoms with van der Waals surface area (Å²) in [6, 6.07) is 39.5. The van der Waals surface area contributed by atoms with E-state index < -0.39 is 23.9 Å². The van der Waals surface area contributed by atoms with E-state index >= 15 is 0 Å². The number of nitrogens with two attached hydrogens (primary N) is 2. The fourth-order valence-corrected chi connectivity index (χ4v) is 11.9. The molecule has 0 radical (unpaired) electrons. The molecule has 0 spiro atoms. The fourth-order valence-electron chi connectivity index (χ4n) is 11.9. The number of hydrogen-bond acceptors (Lipinski definition) is 16. The zero-order valence-electron chi connectivity index (χ0n) is 55.1. The summed E-state index contributed by atoms with van der Waals surface area (Å²) < 4.78 is 30.2. The predicted molar refractivity (Wildman–Crippen MR) is 366 cm³/mol. The maximum atomic E-state index is 13.9. The van der Waals surface area contributed by atoms with Gasteiger partial charge >= 0.3 is 12.0 Å². The number of urea groups is 1. The quantitative estimate of drug-likeness (QED) is 0.0136. The number of nitrogens with zero attached hydrogens (tertiary/aromatic N) is 5. The number of aryl methyl sites for hydroxylation is 2. The van der Waals surface area contributed by atoms with Gasteiger partial charge in [0.2, 0.25) is 11.8 Å². The lowest BCUT2D eigenvalue weighted by molar-refractivity contribution is -0.145. The van der Waals surface area contributed by atoms with Crippen LogP contribution in [-0.2, 0) is 91.4 Å². The maximum Gasteiger partial charge on any atom is 0.312 e. The molecule has 0 unspecified atom stereocenters. The number of nitrogens with one attached hydrogen (secondary N) is 3. The van der Waals surface area contributed by atoms with Crippen LogP contribution in [0, 0.1) is 11.8 Å². The third-order valence-electron chi connectivity index (χ3n) is 17.2. The topological polar surface area (TPSA) is 304 Å². The molecule has 1 aliphatic heterocycles. The number of ether oxygens (including phenoxy) is 5. The van der Waals surface area contributed by atoms with E-state index in [1.807, 2.05) is 97.4 Å². The van der Waals surface area contributed by atoms with Crippen LogP contribution < -0.4 is 27.0 Å². The molecule has 0 aliphatic carbocycles. The van der Waals surface area contributed by atoms with Gasteiger partial charge in [-0.2, -0.15) is 20.5 Å². The van der Waals surface area contributed by atoms with E-state index in [-0.39, 0.29) is 106 Å². The molecule has 0 saturated carbocycles. The molecule has 96 heavy (non-hydrogen) atoms. The van der Waals surface area contributed by atoms with Crippen molar-refractivity contribution >= 4 is 74.2 Å². The van der Waals surface area contributed by atoms with E-state index in [1.54, 1.807) is 29.2 Å². The van der Waals surface area contributed by atoms with Crippen molar-refractivity contribution in [3.05, 3.63) is 161 Å². The SMILES string of the molecule is CCn1nc2c(N)cc3ccccc3c2c1Cc1ccc(CCC(=O)OCc2ccc(CC(=O)[C@H](CCCNC(N)=O)NC(=O)[C@@H](CC(=O)CCOCCOCCOCCOCCCC(=O)CCC(=O)N3Cc4ccccc4-c4n[nH]nc4-c4ccccc43)C(C)C)cc2)cc1. The Balaban J connectivity index is 0.611. The van der Waals surface area contributed by atoms with Crippen LogP contribution in [0.3, 0.4) is 0 Å². The molecule has 0 saturated heterocycles. The number of esters is 1. The number of amides is 4. The summed E-state index contributed by atoms with van der Waals surface area (Å²) in [5, 5.41) is 25.1. The van der Waals surface area contributed by atoms with Crippen molar-refractivity contribution < 1.29 is 57.2 Å². The van der Waals surface area contributed by atoms with Crippen molar-refractivity contribution in [1.82, 2.24) is 35.8 Å². The molecule has 22 nitrogen and oxygen atoms in total. The van der Waals surface area contributed by atoms with Crippen LogP contribution in [0.15, 0.2) is 127 Å². The number of rotatable bonds is 39. The Labute approximate surface area is 559 Å². The summed E-state index contributed by atoms with van der Waals surface area (Å²) in [4.78, 5) is 93.5. The lowest BCUT2D eigenvalue weighted by Crippen LogP contribution is -2.46. The Bertz CT molecular complexity index is 3940. The highest BCUT2D eigenvalue weighted by Crippen LogP contribution is 2.40. The first-order valence-electron chi connectivity index (χ1n) is 33.2. The van der Waals surface area contributed by atoms with Gasteiger partial charge in [-0.05, 0) is 89.2 Å². The minimum Gasteiger partial charge on any atom is -0.461 e. The molecule has 6 aromatic carbocycles. The Kier molecular flexibility index (Phi) is 26.5. The maximum absolute atomic E-state index is 13.9. The summed E-state index contributed by atoms with van der Waals surface area (Å²) in [6.07, 6.45) is 3.10. The average molecular weight is 1310 g/mol. The number of para-hydroxylation sites is 1. The lowest BCUT2D eigenvalue weighted by atomic mass is 9.88. The number of H-pyrrole nitrogens is 1. The molecule has 0 fully saturated rings. The molecule has 3 heterocycles. The summed E-state index contributed by atoms with van der Waals surface area (Å²) in [6.45, 7) is 9.55. The number of carbonyl (C=O) groups is 7. The average Bonchev–Trinajstić information content (AvgIpc) is 1.53. The number of fused-ring (bicyclic) bond motifs is 8. The summed E-state index contributed by atoms with van der Waals surface area (Å²) in [5.41, 5.74) is 22.6. The number of anilines is 2. The molecule has 0 bridgehead atoms. The molecule has 22 heteroatoms. The summed E-state index contributed by atoms with van der Waals surface area (Å²) >= 11 is 0. The predicted octanol–water partition coefficient (Wildman–Crippen LogP) is 9.92. The highest BCUT2D eigenvalue weighted by Gasteiger charge is 2.31. The number of hydrogen-bond donors (Lipinski definition) is 5. The van der Waals surface area contributed by atoms with Crippen LogP contribution in [-0.4, -0.2) is 132 Å². The second-order valence-electron chi connectivity index (χ2n) is 24.4. The molecule has 4 amide bonds. The minimum atomic E-state index is -0.895. The molecule has 2 atom stereocenters. The van der Waals surface area contributed by atoms with Gasteiger partial charge in [0.25, 0.3) is 0 Å². The van der Waals surface area contributed by atoms with E-state index in [9.17, 15) is 33.6 Å². The molecule has 9 rings (SSSR count). The van der Waals surface area contributed by atoms with Crippen LogP contribution in [0.2, 0.25) is 0 Å². The first-order valence-corrected chi connectivity index (χ1v) is 33.2. The number of aromatic amines is 1. The van der Waals surface area contributed by atoms with Gasteiger partial charge in [0, 0.05) is 93.5 Å². The standard InChI is InChI=1S/C74H88N10O12/c1-4-84-65(69-58-16-7-5-13-54(58)45-62(75)72(69)81-84)43-51-23-21-50(22-24-51)29-32-68(89)96-48-53-27-25-52(26-28-53)44-66(87)63(19-11-34-77-74(76)91)78-73(90)61(49(2)3)46-57(86)33-36-93-38-40-95-42-41-94-39-37-92-35-12-15-56(85)30-31-67(88)83-47-55-14-6-8-17-59(55)70-71(80-82-79-70)60-18-9-10-20-64(60)83/h5-10,13-14,16-18,20-28,45,49,61,63H,4,11-12,15,19,29-44,46-48,75H2,1-3H3,(H,78,90)(H3,76,77,91)(H,79,80,82)/t61-,63-/m0/s1. The van der Waals surface area contributed by atoms with Crippen molar-refractivity contribution in [2.75, 3.05) is 70.0 Å². The number of benzene rings is 6. The van der Waals surface area contributed by atoms with Crippen molar-refractivity contribution in [3.63, 3.8) is 0 Å². The van der Waals surface area contributed by atoms with Gasteiger partial charge in [0.05, 0.1) is 75.9 Å². The van der Waals surface area contributed by atoms with Crippen molar-refractivity contribution in [3.8, 4) is 22.5 Å². The molecular weight excluding hydrogens is 1220 g/mol. The number of Topliss-reactive ketones (excluding diaryl/α,β-unsaturated/α-hetero) is 3. The third-order valence-corrected chi connectivity index (χ3v) is 17.2. The van der Waals surface area contributed by atoms with Gasteiger partial charge in [-0.15, -0.1) is 0 Å². The molecule has 8 aromatic rings. The van der Waals surface area contributed by atoms with E-state index in [2.05, 4.69) is 57.2 Å². The van der Waals surface area contributed by atoms with Crippen molar-refractivity contribution in [2.45, 2.75) is 124 Å². The van der Waals surface area contributed by atoms with E-state index in [0.717, 1.165) is 72.1 Å². The molecule has 1 aliphatic rings. The van der Waals surface area contributed by atoms with Crippen LogP contribution in [0.4, 0.5) is 16.2 Å². The Morgan fingerprint density at radius 2 is 1.29 bits per heavy atom. The Hall–Kier alpha value is -9.48. The smallest absolute Gasteiger partial charge is 0.312 e. The Morgan fingerprint density at radius 3 is 2.01 bits per heavy atom. The van der Waals surface area contributed by atoms with Gasteiger partial charge in [-0.1, -0.05) is 129 Å². The van der Waals surface area contributed by atoms with Gasteiger partial charge in [0.15, 0.2) is 5.78 Å². The number of aromatic nitrogens is 5. The first kappa shape index (κ1) is 70.8. The van der Waals surface area contributed by atoms with Crippen LogP contribution in [0.25, 0.3) is 44.2 Å². The number of carbonyl (C=O) groups excluding carboxylic acids is 7. The number of primary amides is 1. The number of ketones is 3. The monoisotopic (exact) mass is 1310 g/mol. The highest BCUT2D eigenvalue weighted by molar-refractivity contribution is 6.12. The Morgan fingerprint density at radius 1 is 0.656 bits per heavy atom. The second-order valence-corrected chi connectivity index (χ2v) is 24.4. The van der Waals surface area contributed by atoms with Crippen molar-refractivity contribution in [2.24, 2.45) is 17.6 Å². The van der Waals surface area contributed by atoms with Crippen LogP contribution >= 0.6 is 0 Å². The van der Waals surface area contributed by atoms with Gasteiger partial charge < -0.3 is 50.7 Å². The second kappa shape index (κ2) is 35.9. The molecular formula is C74H88N10O12. The summed E-state index contributed by atoms with van der Waals surface area (Å²) in [5.74, 6) is -2.21. The van der Waals surface area contributed by atoms with Gasteiger partial charge in [-0.25, -0.2) is 4.79 Å². The van der Waals surface area contributed by atoms with E-state index in [4.69, 9.17) is 40.3 Å². The molecule has 506 valence electrons. The fraction of sp³-hybridized carbons (Fsp3) is 0.405. The summed E-state index contributed by atoms with van der Waals surface area (Å²) in [7, 11) is 0. The minimum absolute atomic E-state index is 0.00628. The van der Waals surface area contributed by atoms with Gasteiger partial charge in [0.1, 0.15) is 35.1 Å². The molecule has 2 aromatic heterocycles. The van der Waals surface area contributed by atoms with Crippen LogP contribution in [0.1, 0.15) is 112 Å². The van der Waals surface area contributed by atoms with E-state index in [1.165, 1.54) is 0 Å². The van der Waals surface area contributed by atoms with Crippen LogP contribution in [0.5, 0.6) is 0 Å².